The molecule has 1 aromatic carbocycles. The van der Waals surface area contributed by atoms with Crippen LogP contribution < -0.4 is 0 Å². The maximum atomic E-state index is 13.7. The molecule has 0 nitrogen and oxygen atoms in total. The number of halogens is 2. The molecule has 3 atom stereocenters. The molecule has 2 rings (SSSR count). The highest BCUT2D eigenvalue weighted by Gasteiger charge is 2.30. The van der Waals surface area contributed by atoms with Crippen molar-refractivity contribution in [2.75, 3.05) is 0 Å². The normalized spacial score (nSPS) is 28.6. The third-order valence-corrected chi connectivity index (χ3v) is 5.52. The Balaban J connectivity index is 2.05. The van der Waals surface area contributed by atoms with Crippen LogP contribution in [0.3, 0.4) is 0 Å². The van der Waals surface area contributed by atoms with Gasteiger partial charge < -0.3 is 0 Å². The molecule has 100 valence electrons. The Bertz CT molecular complexity index is 388. The van der Waals surface area contributed by atoms with Gasteiger partial charge in [0.05, 0.1) is 0 Å². The molecule has 1 aliphatic carbocycles. The zero-order valence-corrected chi connectivity index (χ0v) is 12.8. The molecule has 0 saturated heterocycles. The number of benzene rings is 1. The van der Waals surface area contributed by atoms with Crippen molar-refractivity contribution in [3.05, 3.63) is 35.6 Å². The van der Waals surface area contributed by atoms with Crippen LogP contribution in [0.25, 0.3) is 0 Å². The van der Waals surface area contributed by atoms with Gasteiger partial charge in [0.2, 0.25) is 0 Å². The molecule has 1 saturated carbocycles. The average molecular weight is 313 g/mol. The van der Waals surface area contributed by atoms with E-state index in [1.807, 2.05) is 12.1 Å². The molecule has 3 unspecified atom stereocenters. The van der Waals surface area contributed by atoms with Gasteiger partial charge in [-0.15, -0.1) is 0 Å². The number of hydrogen-bond acceptors (Lipinski definition) is 0. The first-order chi connectivity index (χ1) is 8.58. The van der Waals surface area contributed by atoms with E-state index >= 15 is 0 Å². The minimum absolute atomic E-state index is 0.0520. The third kappa shape index (κ3) is 3.34. The summed E-state index contributed by atoms with van der Waals surface area (Å²) in [5, 5.41) is 0. The van der Waals surface area contributed by atoms with Gasteiger partial charge in [-0.3, -0.25) is 0 Å². The Hall–Kier alpha value is -0.370. The van der Waals surface area contributed by atoms with E-state index in [9.17, 15) is 4.39 Å². The molecular weight excluding hydrogens is 291 g/mol. The van der Waals surface area contributed by atoms with Crippen molar-refractivity contribution in [1.82, 2.24) is 0 Å². The first kappa shape index (κ1) is 14.0. The van der Waals surface area contributed by atoms with Crippen LogP contribution in [0.5, 0.6) is 0 Å². The second-order valence-corrected chi connectivity index (χ2v) is 7.06. The predicted octanol–water partition coefficient (Wildman–Crippen LogP) is 5.20. The van der Waals surface area contributed by atoms with Gasteiger partial charge in [0.15, 0.2) is 0 Å². The van der Waals surface area contributed by atoms with Crippen LogP contribution in [0, 0.1) is 23.6 Å². The lowest BCUT2D eigenvalue weighted by Crippen LogP contribution is -2.29. The van der Waals surface area contributed by atoms with Crippen molar-refractivity contribution in [1.29, 1.82) is 0 Å². The maximum Gasteiger partial charge on any atom is 0.126 e. The lowest BCUT2D eigenvalue weighted by atomic mass is 9.74. The summed E-state index contributed by atoms with van der Waals surface area (Å²) in [6, 6.07) is 7.20. The average Bonchev–Trinajstić information content (AvgIpc) is 2.34. The van der Waals surface area contributed by atoms with Crippen molar-refractivity contribution in [3.63, 3.8) is 0 Å². The number of alkyl halides is 1. The minimum atomic E-state index is -0.0520. The van der Waals surface area contributed by atoms with Gasteiger partial charge in [-0.25, -0.2) is 4.39 Å². The summed E-state index contributed by atoms with van der Waals surface area (Å²) in [6.07, 6.45) is 4.62. The SMILES string of the molecule is CC(C)C1CCC(Br)C(Cc2ccccc2F)C1. The molecule has 0 heterocycles. The van der Waals surface area contributed by atoms with Crippen LogP contribution in [-0.2, 0) is 6.42 Å². The van der Waals surface area contributed by atoms with Gasteiger partial charge in [-0.05, 0) is 55.1 Å². The molecule has 1 fully saturated rings. The molecule has 1 aliphatic rings. The molecule has 0 radical (unpaired) electrons. The van der Waals surface area contributed by atoms with Crippen LogP contribution in [-0.4, -0.2) is 4.83 Å². The van der Waals surface area contributed by atoms with E-state index in [0.717, 1.165) is 23.8 Å². The lowest BCUT2D eigenvalue weighted by Gasteiger charge is -2.35. The second-order valence-electron chi connectivity index (χ2n) is 5.89. The van der Waals surface area contributed by atoms with Gasteiger partial charge in [0, 0.05) is 4.83 Å². The quantitative estimate of drug-likeness (QED) is 0.673. The molecule has 0 amide bonds. The summed E-state index contributed by atoms with van der Waals surface area (Å²) in [4.78, 5) is 0.548. The third-order valence-electron chi connectivity index (χ3n) is 4.31. The van der Waals surface area contributed by atoms with Gasteiger partial charge in [-0.1, -0.05) is 48.0 Å². The van der Waals surface area contributed by atoms with Crippen LogP contribution >= 0.6 is 15.9 Å². The van der Waals surface area contributed by atoms with Crippen molar-refractivity contribution >= 4 is 15.9 Å². The first-order valence-electron chi connectivity index (χ1n) is 6.95. The predicted molar refractivity (Wildman–Crippen MR) is 78.5 cm³/mol. The highest BCUT2D eigenvalue weighted by atomic mass is 79.9. The number of rotatable bonds is 3. The van der Waals surface area contributed by atoms with E-state index in [1.165, 1.54) is 19.3 Å². The Kier molecular flexibility index (Phi) is 4.83. The van der Waals surface area contributed by atoms with E-state index in [1.54, 1.807) is 12.1 Å². The van der Waals surface area contributed by atoms with E-state index in [0.29, 0.717) is 10.7 Å². The fourth-order valence-electron chi connectivity index (χ4n) is 3.03. The Morgan fingerprint density at radius 3 is 2.67 bits per heavy atom. The number of hydrogen-bond donors (Lipinski definition) is 0. The molecule has 2 heteroatoms. The van der Waals surface area contributed by atoms with Crippen molar-refractivity contribution in [2.24, 2.45) is 17.8 Å². The van der Waals surface area contributed by atoms with Crippen LogP contribution in [0.1, 0.15) is 38.7 Å². The summed E-state index contributed by atoms with van der Waals surface area (Å²) in [6.45, 7) is 4.61. The summed E-state index contributed by atoms with van der Waals surface area (Å²) in [7, 11) is 0. The summed E-state index contributed by atoms with van der Waals surface area (Å²) in [5.41, 5.74) is 0.872. The molecule has 0 aliphatic heterocycles. The molecule has 0 aromatic heterocycles. The zero-order chi connectivity index (χ0) is 13.1. The summed E-state index contributed by atoms with van der Waals surface area (Å²) < 4.78 is 13.7. The van der Waals surface area contributed by atoms with Crippen LogP contribution in [0.4, 0.5) is 4.39 Å². The van der Waals surface area contributed by atoms with Crippen molar-refractivity contribution < 1.29 is 4.39 Å². The summed E-state index contributed by atoms with van der Waals surface area (Å²) >= 11 is 3.79. The maximum absolute atomic E-state index is 13.7. The molecular formula is C16H22BrF. The Morgan fingerprint density at radius 1 is 1.28 bits per heavy atom. The van der Waals surface area contributed by atoms with E-state index in [4.69, 9.17) is 0 Å². The monoisotopic (exact) mass is 312 g/mol. The fourth-order valence-corrected chi connectivity index (χ4v) is 3.69. The highest BCUT2D eigenvalue weighted by molar-refractivity contribution is 9.09. The Morgan fingerprint density at radius 2 is 2.00 bits per heavy atom. The first-order valence-corrected chi connectivity index (χ1v) is 7.87. The van der Waals surface area contributed by atoms with E-state index < -0.39 is 0 Å². The molecule has 1 aromatic rings. The van der Waals surface area contributed by atoms with Gasteiger partial charge >= 0.3 is 0 Å². The van der Waals surface area contributed by atoms with E-state index in [2.05, 4.69) is 29.8 Å². The van der Waals surface area contributed by atoms with E-state index in [-0.39, 0.29) is 5.82 Å². The molecule has 0 spiro atoms. The van der Waals surface area contributed by atoms with Gasteiger partial charge in [-0.2, -0.15) is 0 Å². The van der Waals surface area contributed by atoms with Crippen LogP contribution in [0.2, 0.25) is 0 Å². The topological polar surface area (TPSA) is 0 Å². The minimum Gasteiger partial charge on any atom is -0.207 e. The fraction of sp³-hybridized carbons (Fsp3) is 0.625. The lowest BCUT2D eigenvalue weighted by molar-refractivity contribution is 0.222. The van der Waals surface area contributed by atoms with Gasteiger partial charge in [0.1, 0.15) is 5.82 Å². The second kappa shape index (κ2) is 6.18. The largest absolute Gasteiger partial charge is 0.207 e. The van der Waals surface area contributed by atoms with Crippen molar-refractivity contribution in [3.8, 4) is 0 Å². The standard InChI is InChI=1S/C16H22BrF/c1-11(2)12-7-8-15(17)14(9-12)10-13-5-3-4-6-16(13)18/h3-6,11-12,14-15H,7-10H2,1-2H3. The zero-order valence-electron chi connectivity index (χ0n) is 11.2. The smallest absolute Gasteiger partial charge is 0.126 e. The summed E-state index contributed by atoms with van der Waals surface area (Å²) in [5.74, 6) is 2.07. The van der Waals surface area contributed by atoms with Crippen LogP contribution in [0.15, 0.2) is 24.3 Å². The molecule has 0 N–H and O–H groups in total. The van der Waals surface area contributed by atoms with Gasteiger partial charge in [0.25, 0.3) is 0 Å². The molecule has 0 bridgehead atoms. The highest BCUT2D eigenvalue weighted by Crippen LogP contribution is 2.39. The van der Waals surface area contributed by atoms with Crippen molar-refractivity contribution in [2.45, 2.75) is 44.4 Å². The Labute approximate surface area is 118 Å². The molecule has 18 heavy (non-hydrogen) atoms.